The predicted octanol–water partition coefficient (Wildman–Crippen LogP) is 3.28. The Morgan fingerprint density at radius 2 is 1.94 bits per heavy atom. The maximum absolute atomic E-state index is 13.0. The molecule has 3 atom stereocenters. The molecule has 0 unspecified atom stereocenters. The summed E-state index contributed by atoms with van der Waals surface area (Å²) in [6.45, 7) is 7.73. The highest BCUT2D eigenvalue weighted by Gasteiger charge is 2.35. The normalized spacial score (nSPS) is 23.2. The van der Waals surface area contributed by atoms with Gasteiger partial charge in [-0.05, 0) is 42.9 Å². The molecular formula is C22H26ClN5O3. The van der Waals surface area contributed by atoms with Gasteiger partial charge < -0.3 is 15.5 Å². The number of benzene rings is 1. The first-order chi connectivity index (χ1) is 14.7. The predicted molar refractivity (Wildman–Crippen MR) is 121 cm³/mol. The number of fused-ring (bicyclic) bond motifs is 1. The number of aryl methyl sites for hydroxylation is 1. The van der Waals surface area contributed by atoms with E-state index in [0.29, 0.717) is 28.5 Å². The Bertz CT molecular complexity index is 1090. The van der Waals surface area contributed by atoms with Gasteiger partial charge in [0, 0.05) is 30.2 Å². The maximum atomic E-state index is 13.0. The number of aromatic nitrogens is 2. The van der Waals surface area contributed by atoms with Crippen LogP contribution in [0.1, 0.15) is 43.7 Å². The van der Waals surface area contributed by atoms with E-state index in [-0.39, 0.29) is 23.7 Å². The van der Waals surface area contributed by atoms with Gasteiger partial charge in [-0.3, -0.25) is 19.4 Å². The zero-order chi connectivity index (χ0) is 22.3. The van der Waals surface area contributed by atoms with E-state index in [2.05, 4.69) is 34.4 Å². The quantitative estimate of drug-likeness (QED) is 0.674. The number of nitrogens with one attached hydrogen (secondary N) is 3. The van der Waals surface area contributed by atoms with E-state index in [1.54, 1.807) is 18.2 Å². The molecule has 0 saturated carbocycles. The Hall–Kier alpha value is -2.87. The van der Waals surface area contributed by atoms with Gasteiger partial charge in [0.25, 0.3) is 5.56 Å². The Kier molecular flexibility index (Phi) is 5.75. The lowest BCUT2D eigenvalue weighted by atomic mass is 9.91. The van der Waals surface area contributed by atoms with Crippen molar-refractivity contribution in [2.45, 2.75) is 39.5 Å². The first-order valence-electron chi connectivity index (χ1n) is 10.5. The smallest absolute Gasteiger partial charge is 0.258 e. The van der Waals surface area contributed by atoms with Gasteiger partial charge in [0.05, 0.1) is 11.5 Å². The highest BCUT2D eigenvalue weighted by atomic mass is 35.5. The number of halogens is 1. The number of nitrogens with zero attached hydrogens (tertiary/aromatic N) is 2. The molecule has 164 valence electrons. The summed E-state index contributed by atoms with van der Waals surface area (Å²) in [5.74, 6) is -0.204. The number of piperidine rings is 1. The van der Waals surface area contributed by atoms with Gasteiger partial charge in [-0.2, -0.15) is 4.98 Å². The van der Waals surface area contributed by atoms with Gasteiger partial charge in [-0.1, -0.05) is 31.5 Å². The maximum Gasteiger partial charge on any atom is 0.258 e. The molecule has 8 nitrogen and oxygen atoms in total. The molecule has 0 aliphatic carbocycles. The largest absolute Gasteiger partial charge is 0.342 e. The lowest BCUT2D eigenvalue weighted by molar-refractivity contribution is -0.123. The molecule has 9 heteroatoms. The molecule has 2 aliphatic rings. The zero-order valence-electron chi connectivity index (χ0n) is 17.8. The summed E-state index contributed by atoms with van der Waals surface area (Å²) < 4.78 is 0. The summed E-state index contributed by atoms with van der Waals surface area (Å²) in [6.07, 6.45) is 0.994. The van der Waals surface area contributed by atoms with Crippen molar-refractivity contribution in [1.29, 1.82) is 0 Å². The molecule has 1 aromatic heterocycles. The fraction of sp³-hybridized carbons (Fsp3) is 0.455. The standard InChI is InChI=1S/C22H26ClN5O3/c1-11-6-12(2)10-28(9-11)22-26-19-18(21(31)27-22)15(8-17(29)25-19)20(30)24-16-7-14(23)5-4-13(16)3/h4-5,7,11-12,15H,6,8-10H2,1-3H3,(H,24,30)(H2,25,26,27,29,31)/t11-,12-,15-/m1/s1. The first kappa shape index (κ1) is 21.4. The van der Waals surface area contributed by atoms with E-state index in [9.17, 15) is 14.4 Å². The molecule has 0 bridgehead atoms. The second-order valence-corrected chi connectivity index (χ2v) is 9.19. The van der Waals surface area contributed by atoms with Crippen LogP contribution in [0.3, 0.4) is 0 Å². The van der Waals surface area contributed by atoms with Crippen molar-refractivity contribution in [3.63, 3.8) is 0 Å². The molecule has 3 heterocycles. The number of carbonyl (C=O) groups is 2. The Balaban J connectivity index is 1.66. The molecule has 2 amide bonds. The second-order valence-electron chi connectivity index (χ2n) is 8.76. The fourth-order valence-electron chi connectivity index (χ4n) is 4.52. The monoisotopic (exact) mass is 443 g/mol. The third kappa shape index (κ3) is 4.44. The summed E-state index contributed by atoms with van der Waals surface area (Å²) in [7, 11) is 0. The molecule has 1 aromatic carbocycles. The van der Waals surface area contributed by atoms with Crippen LogP contribution in [0.2, 0.25) is 5.02 Å². The SMILES string of the molecule is Cc1ccc(Cl)cc1NC(=O)[C@@H]1CC(=O)Nc2nc(N3C[C@H](C)C[C@@H](C)C3)[nH]c(=O)c21. The lowest BCUT2D eigenvalue weighted by Gasteiger charge is -2.35. The van der Waals surface area contributed by atoms with E-state index < -0.39 is 17.4 Å². The molecular weight excluding hydrogens is 418 g/mol. The topological polar surface area (TPSA) is 107 Å². The van der Waals surface area contributed by atoms with E-state index >= 15 is 0 Å². The van der Waals surface area contributed by atoms with E-state index in [1.165, 1.54) is 0 Å². The third-order valence-electron chi connectivity index (χ3n) is 5.88. The van der Waals surface area contributed by atoms with Crippen molar-refractivity contribution in [1.82, 2.24) is 9.97 Å². The van der Waals surface area contributed by atoms with Crippen molar-refractivity contribution in [3.05, 3.63) is 44.7 Å². The highest BCUT2D eigenvalue weighted by molar-refractivity contribution is 6.31. The van der Waals surface area contributed by atoms with Gasteiger partial charge >= 0.3 is 0 Å². The van der Waals surface area contributed by atoms with Gasteiger partial charge in [0.15, 0.2) is 0 Å². The molecule has 1 fully saturated rings. The summed E-state index contributed by atoms with van der Waals surface area (Å²) >= 11 is 6.04. The number of rotatable bonds is 3. The average Bonchev–Trinajstić information content (AvgIpc) is 2.69. The average molecular weight is 444 g/mol. The van der Waals surface area contributed by atoms with E-state index in [1.807, 2.05) is 11.8 Å². The van der Waals surface area contributed by atoms with Crippen LogP contribution in [0, 0.1) is 18.8 Å². The van der Waals surface area contributed by atoms with Crippen molar-refractivity contribution in [3.8, 4) is 0 Å². The van der Waals surface area contributed by atoms with Crippen LogP contribution < -0.4 is 21.1 Å². The Labute approximate surface area is 185 Å². The van der Waals surface area contributed by atoms with E-state index in [4.69, 9.17) is 11.6 Å². The lowest BCUT2D eigenvalue weighted by Crippen LogP contribution is -2.42. The summed E-state index contributed by atoms with van der Waals surface area (Å²) in [5.41, 5.74) is 1.14. The Morgan fingerprint density at radius 1 is 1.23 bits per heavy atom. The minimum absolute atomic E-state index is 0.125. The van der Waals surface area contributed by atoms with Crippen LogP contribution in [-0.4, -0.2) is 34.9 Å². The minimum atomic E-state index is -0.938. The number of aromatic amines is 1. The summed E-state index contributed by atoms with van der Waals surface area (Å²) in [6, 6.07) is 5.16. The van der Waals surface area contributed by atoms with Crippen molar-refractivity contribution >= 4 is 40.9 Å². The third-order valence-corrected chi connectivity index (χ3v) is 6.12. The number of carbonyl (C=O) groups excluding carboxylic acids is 2. The molecule has 1 saturated heterocycles. The van der Waals surface area contributed by atoms with E-state index in [0.717, 1.165) is 25.1 Å². The summed E-state index contributed by atoms with van der Waals surface area (Å²) in [5, 5.41) is 5.96. The van der Waals surface area contributed by atoms with Crippen molar-refractivity contribution in [2.24, 2.45) is 11.8 Å². The molecule has 4 rings (SSSR count). The molecule has 0 spiro atoms. The van der Waals surface area contributed by atoms with Gasteiger partial charge in [-0.25, -0.2) is 0 Å². The number of anilines is 3. The number of H-pyrrole nitrogens is 1. The van der Waals surface area contributed by atoms with Crippen LogP contribution in [0.15, 0.2) is 23.0 Å². The minimum Gasteiger partial charge on any atom is -0.342 e. The van der Waals surface area contributed by atoms with Gasteiger partial charge in [0.1, 0.15) is 5.82 Å². The van der Waals surface area contributed by atoms with Crippen molar-refractivity contribution < 1.29 is 9.59 Å². The van der Waals surface area contributed by atoms with Crippen LogP contribution in [0.5, 0.6) is 0 Å². The molecule has 2 aromatic rings. The number of hydrogen-bond donors (Lipinski definition) is 3. The second kappa shape index (κ2) is 8.34. The van der Waals surface area contributed by atoms with Gasteiger partial charge in [-0.15, -0.1) is 0 Å². The number of amides is 2. The first-order valence-corrected chi connectivity index (χ1v) is 10.8. The molecule has 3 N–H and O–H groups in total. The molecule has 0 radical (unpaired) electrons. The Morgan fingerprint density at radius 3 is 2.65 bits per heavy atom. The van der Waals surface area contributed by atoms with Crippen LogP contribution in [0.25, 0.3) is 0 Å². The van der Waals surface area contributed by atoms with Crippen LogP contribution >= 0.6 is 11.6 Å². The zero-order valence-corrected chi connectivity index (χ0v) is 18.5. The number of hydrogen-bond acceptors (Lipinski definition) is 5. The highest BCUT2D eigenvalue weighted by Crippen LogP contribution is 2.32. The fourth-order valence-corrected chi connectivity index (χ4v) is 4.69. The molecule has 31 heavy (non-hydrogen) atoms. The van der Waals surface area contributed by atoms with Crippen molar-refractivity contribution in [2.75, 3.05) is 28.6 Å². The van der Waals surface area contributed by atoms with Crippen LogP contribution in [-0.2, 0) is 9.59 Å². The van der Waals surface area contributed by atoms with Gasteiger partial charge in [0.2, 0.25) is 17.8 Å². The molecule has 2 aliphatic heterocycles. The summed E-state index contributed by atoms with van der Waals surface area (Å²) in [4.78, 5) is 47.8. The van der Waals surface area contributed by atoms with Crippen LogP contribution in [0.4, 0.5) is 17.5 Å².